The zero-order valence-electron chi connectivity index (χ0n) is 18.1. The second-order valence-electron chi connectivity index (χ2n) is 7.91. The van der Waals surface area contributed by atoms with E-state index in [4.69, 9.17) is 9.15 Å². The van der Waals surface area contributed by atoms with Crippen LogP contribution in [-0.2, 0) is 24.3 Å². The summed E-state index contributed by atoms with van der Waals surface area (Å²) < 4.78 is 12.6. The van der Waals surface area contributed by atoms with Crippen molar-refractivity contribution in [2.75, 3.05) is 0 Å². The summed E-state index contributed by atoms with van der Waals surface area (Å²) in [7, 11) is 0. The molecule has 3 aromatic heterocycles. The molecule has 0 radical (unpaired) electrons. The second-order valence-corrected chi connectivity index (χ2v) is 8.91. The van der Waals surface area contributed by atoms with Crippen molar-refractivity contribution in [2.45, 2.75) is 45.8 Å². The maximum atomic E-state index is 13.1. The van der Waals surface area contributed by atoms with Gasteiger partial charge >= 0.3 is 5.97 Å². The molecule has 1 aromatic carbocycles. The summed E-state index contributed by atoms with van der Waals surface area (Å²) in [4.78, 5) is 41.6. The molecule has 0 bridgehead atoms. The highest BCUT2D eigenvalue weighted by atomic mass is 32.1. The van der Waals surface area contributed by atoms with Gasteiger partial charge in [-0.15, -0.1) is 21.5 Å². The molecule has 1 aliphatic heterocycles. The van der Waals surface area contributed by atoms with E-state index < -0.39 is 10.9 Å². The molecule has 11 nitrogen and oxygen atoms in total. The highest BCUT2D eigenvalue weighted by Gasteiger charge is 2.23. The molecule has 4 heterocycles. The molecule has 0 saturated heterocycles. The Bertz CT molecular complexity index is 1470. The number of rotatable bonds is 5. The van der Waals surface area contributed by atoms with Crippen molar-refractivity contribution in [3.05, 3.63) is 66.9 Å². The van der Waals surface area contributed by atoms with Gasteiger partial charge in [0.1, 0.15) is 15.5 Å². The first-order valence-corrected chi connectivity index (χ1v) is 11.5. The summed E-state index contributed by atoms with van der Waals surface area (Å²) >= 11 is 1.15. The number of carbonyl (C=O) groups is 1. The Labute approximate surface area is 196 Å². The number of nitro benzene ring substituents is 1. The number of benzene rings is 1. The van der Waals surface area contributed by atoms with Gasteiger partial charge < -0.3 is 9.15 Å². The molecule has 0 amide bonds. The number of carbonyl (C=O) groups excluding carboxylic acids is 1. The quantitative estimate of drug-likeness (QED) is 0.236. The predicted octanol–water partition coefficient (Wildman–Crippen LogP) is 3.81. The molecule has 0 fully saturated rings. The van der Waals surface area contributed by atoms with Crippen molar-refractivity contribution in [1.29, 1.82) is 0 Å². The van der Waals surface area contributed by atoms with Gasteiger partial charge in [-0.25, -0.2) is 9.78 Å². The molecule has 174 valence electrons. The Morgan fingerprint density at radius 2 is 2.03 bits per heavy atom. The van der Waals surface area contributed by atoms with Crippen LogP contribution in [0.3, 0.4) is 0 Å². The lowest BCUT2D eigenvalue weighted by atomic mass is 10.2. The topological polar surface area (TPSA) is 143 Å². The van der Waals surface area contributed by atoms with Gasteiger partial charge in [-0.05, 0) is 37.5 Å². The molecule has 5 rings (SSSR count). The van der Waals surface area contributed by atoms with Gasteiger partial charge in [0.15, 0.2) is 6.61 Å². The first-order valence-electron chi connectivity index (χ1n) is 10.7. The highest BCUT2D eigenvalue weighted by Crippen LogP contribution is 2.29. The number of nitrogens with zero attached hydrogens (tertiary/aromatic N) is 5. The largest absolute Gasteiger partial charge is 0.451 e. The zero-order valence-corrected chi connectivity index (χ0v) is 19.0. The van der Waals surface area contributed by atoms with Crippen molar-refractivity contribution in [2.24, 2.45) is 0 Å². The maximum Gasteiger partial charge on any atom is 0.349 e. The number of thiophene rings is 1. The Kier molecular flexibility index (Phi) is 5.65. The fourth-order valence-electron chi connectivity index (χ4n) is 3.95. The van der Waals surface area contributed by atoms with Crippen LogP contribution in [0.15, 0.2) is 33.5 Å². The smallest absolute Gasteiger partial charge is 0.349 e. The molecule has 1 aliphatic rings. The van der Waals surface area contributed by atoms with Crippen LogP contribution >= 0.6 is 11.3 Å². The van der Waals surface area contributed by atoms with Gasteiger partial charge in [0.25, 0.3) is 17.1 Å². The summed E-state index contributed by atoms with van der Waals surface area (Å²) in [5, 5.41) is 19.0. The number of aromatic nitrogens is 4. The minimum atomic E-state index is -0.602. The molecule has 0 unspecified atom stereocenters. The lowest BCUT2D eigenvalue weighted by Gasteiger charge is -2.08. The summed E-state index contributed by atoms with van der Waals surface area (Å²) in [6.07, 6.45) is 3.73. The number of nitro groups is 1. The molecule has 0 atom stereocenters. The van der Waals surface area contributed by atoms with Gasteiger partial charge in [-0.2, -0.15) is 0 Å². The molecule has 4 aromatic rings. The maximum absolute atomic E-state index is 13.1. The average Bonchev–Trinajstić information content (AvgIpc) is 3.35. The van der Waals surface area contributed by atoms with Crippen LogP contribution < -0.4 is 5.56 Å². The van der Waals surface area contributed by atoms with Crippen LogP contribution in [0.2, 0.25) is 0 Å². The average molecular weight is 481 g/mol. The monoisotopic (exact) mass is 481 g/mol. The first-order chi connectivity index (χ1) is 16.4. The molecule has 12 heteroatoms. The summed E-state index contributed by atoms with van der Waals surface area (Å²) in [6.45, 7) is 2.11. The Balaban J connectivity index is 1.34. The van der Waals surface area contributed by atoms with E-state index in [2.05, 4.69) is 15.2 Å². The van der Waals surface area contributed by atoms with E-state index in [1.807, 2.05) is 0 Å². The van der Waals surface area contributed by atoms with E-state index in [-0.39, 0.29) is 29.6 Å². The van der Waals surface area contributed by atoms with Gasteiger partial charge in [-0.1, -0.05) is 6.42 Å². The van der Waals surface area contributed by atoms with E-state index in [0.29, 0.717) is 32.8 Å². The van der Waals surface area contributed by atoms with E-state index in [0.717, 1.165) is 42.8 Å². The molecule has 0 spiro atoms. The summed E-state index contributed by atoms with van der Waals surface area (Å²) in [5.74, 6) is 0.388. The van der Waals surface area contributed by atoms with Gasteiger partial charge in [0.2, 0.25) is 5.89 Å². The van der Waals surface area contributed by atoms with Crippen LogP contribution in [0, 0.1) is 17.0 Å². The number of aryl methyl sites for hydroxylation is 2. The molecule has 34 heavy (non-hydrogen) atoms. The van der Waals surface area contributed by atoms with Crippen molar-refractivity contribution in [3.63, 3.8) is 0 Å². The summed E-state index contributed by atoms with van der Waals surface area (Å²) in [5.41, 5.74) is 0.891. The predicted molar refractivity (Wildman–Crippen MR) is 122 cm³/mol. The van der Waals surface area contributed by atoms with Gasteiger partial charge in [0, 0.05) is 30.7 Å². The fraction of sp³-hybridized carbons (Fsp3) is 0.318. The number of hydrogen-bond donors (Lipinski definition) is 0. The second kappa shape index (κ2) is 8.78. The lowest BCUT2D eigenvalue weighted by Crippen LogP contribution is -2.24. The zero-order chi connectivity index (χ0) is 23.8. The third kappa shape index (κ3) is 3.96. The van der Waals surface area contributed by atoms with Crippen molar-refractivity contribution in [1.82, 2.24) is 19.7 Å². The first kappa shape index (κ1) is 21.9. The van der Waals surface area contributed by atoms with E-state index in [1.54, 1.807) is 11.5 Å². The van der Waals surface area contributed by atoms with Gasteiger partial charge in [0.05, 0.1) is 10.3 Å². The van der Waals surface area contributed by atoms with E-state index in [1.165, 1.54) is 24.3 Å². The number of ether oxygens (including phenoxy) is 1. The minimum Gasteiger partial charge on any atom is -0.451 e. The fourth-order valence-corrected chi connectivity index (χ4v) is 5.04. The molecule has 0 N–H and O–H groups in total. The van der Waals surface area contributed by atoms with E-state index in [9.17, 15) is 19.7 Å². The third-order valence-corrected chi connectivity index (χ3v) is 6.88. The highest BCUT2D eigenvalue weighted by molar-refractivity contribution is 7.20. The Hall–Kier alpha value is -3.93. The van der Waals surface area contributed by atoms with Crippen molar-refractivity contribution in [3.8, 4) is 11.5 Å². The molecular formula is C22H19N5O6S. The van der Waals surface area contributed by atoms with E-state index >= 15 is 0 Å². The molecule has 0 aliphatic carbocycles. The number of hydrogen-bond acceptors (Lipinski definition) is 10. The summed E-state index contributed by atoms with van der Waals surface area (Å²) in [6, 6.07) is 5.66. The van der Waals surface area contributed by atoms with Crippen LogP contribution in [-0.4, -0.2) is 30.6 Å². The van der Waals surface area contributed by atoms with Crippen LogP contribution in [0.4, 0.5) is 5.69 Å². The minimum absolute atomic E-state index is 0.0540. The number of non-ortho nitro benzene ring substituents is 1. The normalized spacial score (nSPS) is 13.4. The molecule has 0 saturated carbocycles. The van der Waals surface area contributed by atoms with Crippen LogP contribution in [0.5, 0.6) is 0 Å². The number of fused-ring (bicyclic) bond motifs is 2. The Morgan fingerprint density at radius 3 is 2.79 bits per heavy atom. The van der Waals surface area contributed by atoms with Gasteiger partial charge in [-0.3, -0.25) is 19.5 Å². The van der Waals surface area contributed by atoms with Crippen LogP contribution in [0.1, 0.15) is 46.2 Å². The van der Waals surface area contributed by atoms with Crippen molar-refractivity contribution < 1.29 is 18.9 Å². The lowest BCUT2D eigenvalue weighted by molar-refractivity contribution is -0.384. The van der Waals surface area contributed by atoms with Crippen molar-refractivity contribution >= 4 is 33.2 Å². The Morgan fingerprint density at radius 1 is 1.24 bits per heavy atom. The number of esters is 1. The SMILES string of the molecule is Cc1c(C(=O)OCc2nnc(-c3ccc([N+](=O)[O-])cc3)o2)sc2nc3n(c(=O)c12)CCCCC3. The third-order valence-electron chi connectivity index (χ3n) is 5.72. The standard InChI is InChI=1S/C22H19N5O6S/c1-12-17-20(23-15-5-3-2-4-10-26(15)21(17)28)34-18(12)22(29)32-11-16-24-25-19(33-16)13-6-8-14(9-7-13)27(30)31/h6-9H,2-5,10-11H2,1H3. The molecular weight excluding hydrogens is 462 g/mol. The van der Waals surface area contributed by atoms with Crippen LogP contribution in [0.25, 0.3) is 21.7 Å².